The minimum atomic E-state index is 0.0636. The van der Waals surface area contributed by atoms with Crippen molar-refractivity contribution in [3.05, 3.63) is 29.0 Å². The maximum atomic E-state index is 6.01. The van der Waals surface area contributed by atoms with Crippen LogP contribution in [-0.4, -0.2) is 4.98 Å². The molecule has 0 amide bonds. The minimum absolute atomic E-state index is 0.0636. The molecule has 2 rings (SSSR count). The lowest BCUT2D eigenvalue weighted by molar-refractivity contribution is 0.595. The van der Waals surface area contributed by atoms with E-state index >= 15 is 0 Å². The van der Waals surface area contributed by atoms with Crippen LogP contribution in [0.5, 0.6) is 0 Å². The van der Waals surface area contributed by atoms with Gasteiger partial charge in [-0.2, -0.15) is 0 Å². The van der Waals surface area contributed by atoms with E-state index in [1.807, 2.05) is 12.1 Å². The average molecular weight is 197 g/mol. The van der Waals surface area contributed by atoms with Gasteiger partial charge in [0.2, 0.25) is 0 Å². The van der Waals surface area contributed by atoms with Crippen molar-refractivity contribution < 1.29 is 0 Å². The summed E-state index contributed by atoms with van der Waals surface area (Å²) >= 11 is 5.93. The number of halogens is 1. The molecule has 0 aliphatic heterocycles. The summed E-state index contributed by atoms with van der Waals surface area (Å²) in [6.07, 6.45) is 5.39. The van der Waals surface area contributed by atoms with Gasteiger partial charge in [-0.1, -0.05) is 30.5 Å². The Morgan fingerprint density at radius 2 is 2.38 bits per heavy atom. The van der Waals surface area contributed by atoms with Crippen LogP contribution in [0.3, 0.4) is 0 Å². The molecule has 1 unspecified atom stereocenters. The van der Waals surface area contributed by atoms with Crippen molar-refractivity contribution in [2.75, 3.05) is 0 Å². The topological polar surface area (TPSA) is 38.9 Å². The zero-order chi connectivity index (χ0) is 9.26. The number of hydrogen-bond acceptors (Lipinski definition) is 2. The Morgan fingerprint density at radius 3 is 3.00 bits per heavy atom. The van der Waals surface area contributed by atoms with Crippen LogP contribution in [0, 0.1) is 5.92 Å². The molecule has 2 nitrogen and oxygen atoms in total. The number of aromatic nitrogens is 1. The van der Waals surface area contributed by atoms with Crippen LogP contribution in [-0.2, 0) is 0 Å². The highest BCUT2D eigenvalue weighted by Gasteiger charge is 2.25. The summed E-state index contributed by atoms with van der Waals surface area (Å²) in [6.45, 7) is 0. The second kappa shape index (κ2) is 3.64. The van der Waals surface area contributed by atoms with Gasteiger partial charge in [-0.15, -0.1) is 0 Å². The molecular formula is C10H13ClN2. The second-order valence-corrected chi connectivity index (χ2v) is 4.03. The summed E-state index contributed by atoms with van der Waals surface area (Å²) < 4.78 is 0. The summed E-state index contributed by atoms with van der Waals surface area (Å²) in [7, 11) is 0. The van der Waals surface area contributed by atoms with E-state index in [1.54, 1.807) is 6.20 Å². The highest BCUT2D eigenvalue weighted by atomic mass is 35.5. The van der Waals surface area contributed by atoms with E-state index in [-0.39, 0.29) is 6.04 Å². The number of nitrogens with zero attached hydrogens (tertiary/aromatic N) is 1. The molecule has 0 saturated heterocycles. The first-order chi connectivity index (χ1) is 6.27. The second-order valence-electron chi connectivity index (χ2n) is 3.67. The molecule has 1 atom stereocenters. The molecule has 3 heteroatoms. The lowest BCUT2D eigenvalue weighted by Crippen LogP contribution is -2.11. The summed E-state index contributed by atoms with van der Waals surface area (Å²) in [6, 6.07) is 3.91. The van der Waals surface area contributed by atoms with Crippen LogP contribution in [0.4, 0.5) is 0 Å². The van der Waals surface area contributed by atoms with E-state index in [2.05, 4.69) is 4.98 Å². The molecule has 1 aromatic heterocycles. The van der Waals surface area contributed by atoms with Crippen molar-refractivity contribution in [3.63, 3.8) is 0 Å². The van der Waals surface area contributed by atoms with E-state index < -0.39 is 0 Å². The number of pyridine rings is 1. The van der Waals surface area contributed by atoms with Crippen LogP contribution in [0.2, 0.25) is 5.15 Å². The molecule has 2 N–H and O–H groups in total. The van der Waals surface area contributed by atoms with Gasteiger partial charge < -0.3 is 5.73 Å². The van der Waals surface area contributed by atoms with Crippen LogP contribution in [0.25, 0.3) is 0 Å². The highest BCUT2D eigenvalue weighted by Crippen LogP contribution is 2.37. The smallest absolute Gasteiger partial charge is 0.133 e. The molecule has 1 aliphatic carbocycles. The Morgan fingerprint density at radius 1 is 1.62 bits per heavy atom. The Hall–Kier alpha value is -0.600. The molecule has 0 spiro atoms. The fraction of sp³-hybridized carbons (Fsp3) is 0.500. The SMILES string of the molecule is NC(CC1CC1)c1cccnc1Cl. The molecule has 1 aromatic rings. The molecule has 13 heavy (non-hydrogen) atoms. The Bertz CT molecular complexity index is 297. The van der Waals surface area contributed by atoms with E-state index in [1.165, 1.54) is 12.8 Å². The van der Waals surface area contributed by atoms with Crippen LogP contribution in [0.15, 0.2) is 18.3 Å². The zero-order valence-electron chi connectivity index (χ0n) is 7.41. The van der Waals surface area contributed by atoms with Gasteiger partial charge in [-0.3, -0.25) is 0 Å². The lowest BCUT2D eigenvalue weighted by Gasteiger charge is -2.11. The zero-order valence-corrected chi connectivity index (χ0v) is 8.17. The first-order valence-corrected chi connectivity index (χ1v) is 5.01. The number of nitrogens with two attached hydrogens (primary N) is 1. The van der Waals surface area contributed by atoms with Crippen molar-refractivity contribution in [2.24, 2.45) is 11.7 Å². The summed E-state index contributed by atoms with van der Waals surface area (Å²) in [5, 5.41) is 0.552. The quantitative estimate of drug-likeness (QED) is 0.755. The first kappa shape index (κ1) is 8.97. The van der Waals surface area contributed by atoms with Crippen LogP contribution in [0.1, 0.15) is 30.9 Å². The molecule has 0 bridgehead atoms. The average Bonchev–Trinajstić information content (AvgIpc) is 2.89. The van der Waals surface area contributed by atoms with Crippen molar-refractivity contribution in [1.82, 2.24) is 4.98 Å². The largest absolute Gasteiger partial charge is 0.324 e. The summed E-state index contributed by atoms with van der Waals surface area (Å²) in [5.41, 5.74) is 6.99. The molecule has 1 saturated carbocycles. The Kier molecular flexibility index (Phi) is 2.51. The Balaban J connectivity index is 2.09. The van der Waals surface area contributed by atoms with Crippen molar-refractivity contribution in [1.29, 1.82) is 0 Å². The van der Waals surface area contributed by atoms with Gasteiger partial charge in [0, 0.05) is 17.8 Å². The predicted octanol–water partition coefficient (Wildman–Crippen LogP) is 2.53. The maximum absolute atomic E-state index is 6.01. The third kappa shape index (κ3) is 2.20. The first-order valence-electron chi connectivity index (χ1n) is 4.63. The van der Waals surface area contributed by atoms with E-state index in [0.717, 1.165) is 17.9 Å². The van der Waals surface area contributed by atoms with E-state index in [0.29, 0.717) is 5.15 Å². The van der Waals surface area contributed by atoms with Crippen molar-refractivity contribution >= 4 is 11.6 Å². The van der Waals surface area contributed by atoms with Gasteiger partial charge in [0.05, 0.1) is 0 Å². The van der Waals surface area contributed by atoms with Gasteiger partial charge in [0.1, 0.15) is 5.15 Å². The fourth-order valence-electron chi connectivity index (χ4n) is 1.51. The molecular weight excluding hydrogens is 184 g/mol. The van der Waals surface area contributed by atoms with Gasteiger partial charge in [-0.25, -0.2) is 4.98 Å². The third-order valence-corrected chi connectivity index (χ3v) is 2.79. The van der Waals surface area contributed by atoms with E-state index in [9.17, 15) is 0 Å². The van der Waals surface area contributed by atoms with Gasteiger partial charge in [-0.05, 0) is 18.4 Å². The number of rotatable bonds is 3. The third-order valence-electron chi connectivity index (χ3n) is 2.47. The maximum Gasteiger partial charge on any atom is 0.133 e. The summed E-state index contributed by atoms with van der Waals surface area (Å²) in [5.74, 6) is 0.825. The number of hydrogen-bond donors (Lipinski definition) is 1. The molecule has 0 aromatic carbocycles. The fourth-order valence-corrected chi connectivity index (χ4v) is 1.77. The van der Waals surface area contributed by atoms with Crippen LogP contribution < -0.4 is 5.73 Å². The normalized spacial score (nSPS) is 18.6. The monoisotopic (exact) mass is 196 g/mol. The van der Waals surface area contributed by atoms with Crippen molar-refractivity contribution in [2.45, 2.75) is 25.3 Å². The standard InChI is InChI=1S/C10H13ClN2/c11-10-8(2-1-5-13-10)9(12)6-7-3-4-7/h1-2,5,7,9H,3-4,6,12H2. The van der Waals surface area contributed by atoms with Gasteiger partial charge in [0.15, 0.2) is 0 Å². The van der Waals surface area contributed by atoms with Gasteiger partial charge in [0.25, 0.3) is 0 Å². The molecule has 70 valence electrons. The molecule has 1 heterocycles. The summed E-state index contributed by atoms with van der Waals surface area (Å²) in [4.78, 5) is 4.01. The molecule has 1 fully saturated rings. The minimum Gasteiger partial charge on any atom is -0.324 e. The predicted molar refractivity (Wildman–Crippen MR) is 53.5 cm³/mol. The highest BCUT2D eigenvalue weighted by molar-refractivity contribution is 6.30. The van der Waals surface area contributed by atoms with Crippen molar-refractivity contribution in [3.8, 4) is 0 Å². The molecule has 0 radical (unpaired) electrons. The lowest BCUT2D eigenvalue weighted by atomic mass is 10.0. The van der Waals surface area contributed by atoms with Gasteiger partial charge >= 0.3 is 0 Å². The van der Waals surface area contributed by atoms with Crippen LogP contribution >= 0.6 is 11.6 Å². The molecule has 1 aliphatic rings. The Labute approximate surface area is 83.1 Å². The van der Waals surface area contributed by atoms with E-state index in [4.69, 9.17) is 17.3 Å².